The highest BCUT2D eigenvalue weighted by atomic mass is 19.1. The summed E-state index contributed by atoms with van der Waals surface area (Å²) in [5.74, 6) is -1.02. The van der Waals surface area contributed by atoms with E-state index in [1.807, 2.05) is 0 Å². The van der Waals surface area contributed by atoms with Crippen LogP contribution in [-0.4, -0.2) is 17.6 Å². The summed E-state index contributed by atoms with van der Waals surface area (Å²) in [6.45, 7) is 1.50. The first kappa shape index (κ1) is 15.4. The van der Waals surface area contributed by atoms with E-state index >= 15 is 0 Å². The number of aromatic nitrogens is 1. The van der Waals surface area contributed by atoms with Crippen LogP contribution in [0, 0.1) is 17.1 Å². The highest BCUT2D eigenvalue weighted by Gasteiger charge is 2.21. The van der Waals surface area contributed by atoms with Gasteiger partial charge >= 0.3 is 5.97 Å². The summed E-state index contributed by atoms with van der Waals surface area (Å²) in [6.07, 6.45) is 0. The fourth-order valence-electron chi connectivity index (χ4n) is 2.15. The van der Waals surface area contributed by atoms with Crippen LogP contribution in [0.1, 0.15) is 18.5 Å². The molecule has 0 bridgehead atoms. The van der Waals surface area contributed by atoms with E-state index in [4.69, 9.17) is 5.26 Å². The molecule has 22 heavy (non-hydrogen) atoms. The second kappa shape index (κ2) is 6.22. The summed E-state index contributed by atoms with van der Waals surface area (Å²) in [5, 5.41) is 8.99. The Bertz CT molecular complexity index is 804. The maximum atomic E-state index is 13.1. The summed E-state index contributed by atoms with van der Waals surface area (Å²) in [7, 11) is 1.22. The van der Waals surface area contributed by atoms with Crippen molar-refractivity contribution in [1.82, 2.24) is 4.57 Å². The summed E-state index contributed by atoms with van der Waals surface area (Å²) >= 11 is 0. The summed E-state index contributed by atoms with van der Waals surface area (Å²) in [4.78, 5) is 24.2. The maximum absolute atomic E-state index is 13.1. The molecule has 1 atom stereocenters. The van der Waals surface area contributed by atoms with Crippen molar-refractivity contribution < 1.29 is 13.9 Å². The number of carbonyl (C=O) groups is 1. The average molecular weight is 300 g/mol. The van der Waals surface area contributed by atoms with Crippen molar-refractivity contribution in [2.45, 2.75) is 13.0 Å². The molecule has 5 nitrogen and oxygen atoms in total. The number of methoxy groups -OCH3 is 1. The number of benzene rings is 1. The Morgan fingerprint density at radius 2 is 1.91 bits per heavy atom. The highest BCUT2D eigenvalue weighted by molar-refractivity contribution is 5.75. The van der Waals surface area contributed by atoms with Crippen LogP contribution >= 0.6 is 0 Å². The lowest BCUT2D eigenvalue weighted by molar-refractivity contribution is -0.144. The van der Waals surface area contributed by atoms with Crippen molar-refractivity contribution in [1.29, 1.82) is 5.26 Å². The Labute approximate surface area is 126 Å². The van der Waals surface area contributed by atoms with Crippen molar-refractivity contribution in [3.8, 4) is 17.3 Å². The standard InChI is InChI=1S/C16H13FN2O3/c1-10(16(21)22-2)19-14(8-5-12(9-18)15(19)20)11-3-6-13(17)7-4-11/h3-8,10H,1-2H3. The third kappa shape index (κ3) is 2.74. The number of nitriles is 1. The lowest BCUT2D eigenvalue weighted by atomic mass is 10.1. The van der Waals surface area contributed by atoms with E-state index in [2.05, 4.69) is 4.74 Å². The van der Waals surface area contributed by atoms with Gasteiger partial charge in [-0.15, -0.1) is 0 Å². The zero-order valence-electron chi connectivity index (χ0n) is 12.0. The second-order valence-corrected chi connectivity index (χ2v) is 4.63. The molecule has 0 fully saturated rings. The first-order chi connectivity index (χ1) is 10.5. The minimum Gasteiger partial charge on any atom is -0.467 e. The smallest absolute Gasteiger partial charge is 0.328 e. The summed E-state index contributed by atoms with van der Waals surface area (Å²) in [5.41, 5.74) is 0.282. The minimum atomic E-state index is -0.911. The zero-order valence-corrected chi connectivity index (χ0v) is 12.0. The predicted molar refractivity (Wildman–Crippen MR) is 77.5 cm³/mol. The van der Waals surface area contributed by atoms with Crippen molar-refractivity contribution in [2.75, 3.05) is 7.11 Å². The maximum Gasteiger partial charge on any atom is 0.328 e. The Kier molecular flexibility index (Phi) is 4.37. The van der Waals surface area contributed by atoms with Gasteiger partial charge in [0.2, 0.25) is 0 Å². The molecule has 0 N–H and O–H groups in total. The Hall–Kier alpha value is -2.94. The number of hydrogen-bond donors (Lipinski definition) is 0. The quantitative estimate of drug-likeness (QED) is 0.815. The van der Waals surface area contributed by atoms with Crippen LogP contribution in [0.4, 0.5) is 4.39 Å². The molecule has 2 rings (SSSR count). The monoisotopic (exact) mass is 300 g/mol. The Balaban J connectivity index is 2.72. The number of ether oxygens (including phenoxy) is 1. The molecule has 0 radical (unpaired) electrons. The van der Waals surface area contributed by atoms with E-state index in [9.17, 15) is 14.0 Å². The van der Waals surface area contributed by atoms with Crippen molar-refractivity contribution >= 4 is 5.97 Å². The van der Waals surface area contributed by atoms with E-state index in [-0.39, 0.29) is 5.56 Å². The van der Waals surface area contributed by atoms with E-state index in [0.717, 1.165) is 0 Å². The molecule has 6 heteroatoms. The fraction of sp³-hybridized carbons (Fsp3) is 0.188. The third-order valence-corrected chi connectivity index (χ3v) is 3.31. The molecule has 0 saturated heterocycles. The molecule has 0 aliphatic heterocycles. The summed E-state index contributed by atoms with van der Waals surface area (Å²) in [6, 6.07) is 9.31. The Morgan fingerprint density at radius 1 is 1.27 bits per heavy atom. The van der Waals surface area contributed by atoms with E-state index in [0.29, 0.717) is 11.3 Å². The van der Waals surface area contributed by atoms with Gasteiger partial charge in [-0.3, -0.25) is 9.36 Å². The van der Waals surface area contributed by atoms with Crippen molar-refractivity contribution in [3.05, 3.63) is 58.1 Å². The molecule has 0 aliphatic rings. The number of nitrogens with zero attached hydrogens (tertiary/aromatic N) is 2. The van der Waals surface area contributed by atoms with E-state index in [1.165, 1.54) is 48.9 Å². The number of halogens is 1. The number of rotatable bonds is 3. The van der Waals surface area contributed by atoms with Crippen LogP contribution in [0.5, 0.6) is 0 Å². The lowest BCUT2D eigenvalue weighted by Crippen LogP contribution is -2.31. The molecule has 1 heterocycles. The second-order valence-electron chi connectivity index (χ2n) is 4.63. The predicted octanol–water partition coefficient (Wildman–Crippen LogP) is 2.26. The zero-order chi connectivity index (χ0) is 16.3. The normalized spacial score (nSPS) is 11.5. The van der Waals surface area contributed by atoms with Gasteiger partial charge in [0.25, 0.3) is 5.56 Å². The van der Waals surface area contributed by atoms with Gasteiger partial charge in [-0.1, -0.05) is 0 Å². The molecular weight excluding hydrogens is 287 g/mol. The third-order valence-electron chi connectivity index (χ3n) is 3.31. The molecule has 0 aliphatic carbocycles. The minimum absolute atomic E-state index is 0.0818. The molecule has 0 saturated carbocycles. The number of hydrogen-bond acceptors (Lipinski definition) is 4. The van der Waals surface area contributed by atoms with Crippen LogP contribution < -0.4 is 5.56 Å². The molecule has 112 valence electrons. The number of esters is 1. The lowest BCUT2D eigenvalue weighted by Gasteiger charge is -2.18. The van der Waals surface area contributed by atoms with Gasteiger partial charge in [0, 0.05) is 0 Å². The fourth-order valence-corrected chi connectivity index (χ4v) is 2.15. The van der Waals surface area contributed by atoms with Crippen LogP contribution in [0.3, 0.4) is 0 Å². The number of carbonyl (C=O) groups excluding carboxylic acids is 1. The number of pyridine rings is 1. The average Bonchev–Trinajstić information content (AvgIpc) is 2.54. The van der Waals surface area contributed by atoms with Gasteiger partial charge in [-0.25, -0.2) is 9.18 Å². The molecule has 0 amide bonds. The van der Waals surface area contributed by atoms with Crippen LogP contribution in [0.15, 0.2) is 41.2 Å². The van der Waals surface area contributed by atoms with E-state index < -0.39 is 23.4 Å². The molecule has 1 aromatic heterocycles. The van der Waals surface area contributed by atoms with Crippen LogP contribution in [0.2, 0.25) is 0 Å². The molecule has 1 unspecified atom stereocenters. The van der Waals surface area contributed by atoms with Gasteiger partial charge in [0.05, 0.1) is 12.8 Å². The molecular formula is C16H13FN2O3. The largest absolute Gasteiger partial charge is 0.467 e. The molecule has 2 aromatic rings. The van der Waals surface area contributed by atoms with Gasteiger partial charge in [-0.05, 0) is 48.9 Å². The van der Waals surface area contributed by atoms with Gasteiger partial charge < -0.3 is 4.74 Å². The van der Waals surface area contributed by atoms with Crippen molar-refractivity contribution in [3.63, 3.8) is 0 Å². The first-order valence-electron chi connectivity index (χ1n) is 6.49. The van der Waals surface area contributed by atoms with Gasteiger partial charge in [0.15, 0.2) is 0 Å². The van der Waals surface area contributed by atoms with Crippen LogP contribution in [-0.2, 0) is 9.53 Å². The van der Waals surface area contributed by atoms with Gasteiger partial charge in [-0.2, -0.15) is 5.26 Å². The Morgan fingerprint density at radius 3 is 2.45 bits per heavy atom. The first-order valence-corrected chi connectivity index (χ1v) is 6.49. The topological polar surface area (TPSA) is 72.1 Å². The highest BCUT2D eigenvalue weighted by Crippen LogP contribution is 2.22. The van der Waals surface area contributed by atoms with Crippen molar-refractivity contribution in [2.24, 2.45) is 0 Å². The van der Waals surface area contributed by atoms with E-state index in [1.54, 1.807) is 12.1 Å². The summed E-state index contributed by atoms with van der Waals surface area (Å²) < 4.78 is 18.9. The van der Waals surface area contributed by atoms with Crippen LogP contribution in [0.25, 0.3) is 11.3 Å². The SMILES string of the molecule is COC(=O)C(C)n1c(-c2ccc(F)cc2)ccc(C#N)c1=O. The van der Waals surface area contributed by atoms with Gasteiger partial charge in [0.1, 0.15) is 23.5 Å². The molecule has 0 spiro atoms. The molecule has 1 aromatic carbocycles.